The Hall–Kier alpha value is -2.57. The molecule has 3 rings (SSSR count). The van der Waals surface area contributed by atoms with Crippen LogP contribution in [0.1, 0.15) is 5.56 Å². The lowest BCUT2D eigenvalue weighted by Crippen LogP contribution is -2.04. The van der Waals surface area contributed by atoms with Gasteiger partial charge in [0.15, 0.2) is 5.82 Å². The lowest BCUT2D eigenvalue weighted by Gasteiger charge is -2.05. The van der Waals surface area contributed by atoms with Gasteiger partial charge in [-0.3, -0.25) is 4.79 Å². The number of pyridine rings is 1. The average molecular weight is 279 g/mol. The summed E-state index contributed by atoms with van der Waals surface area (Å²) < 4.78 is 37.8. The minimum Gasteiger partial charge on any atom is -0.337 e. The van der Waals surface area contributed by atoms with Gasteiger partial charge < -0.3 is 9.97 Å². The molecule has 2 aromatic heterocycles. The van der Waals surface area contributed by atoms with Crippen LogP contribution in [-0.2, 0) is 6.18 Å². The summed E-state index contributed by atoms with van der Waals surface area (Å²) in [4.78, 5) is 20.7. The Kier molecular flexibility index (Phi) is 2.63. The molecule has 0 atom stereocenters. The van der Waals surface area contributed by atoms with Crippen LogP contribution in [0.25, 0.3) is 22.6 Å². The first kappa shape index (κ1) is 12.5. The van der Waals surface area contributed by atoms with Crippen LogP contribution in [-0.4, -0.2) is 15.0 Å². The van der Waals surface area contributed by atoms with E-state index >= 15 is 0 Å². The van der Waals surface area contributed by atoms with E-state index < -0.39 is 11.7 Å². The quantitative estimate of drug-likeness (QED) is 0.719. The summed E-state index contributed by atoms with van der Waals surface area (Å²) in [5, 5.41) is 0. The van der Waals surface area contributed by atoms with E-state index in [4.69, 9.17) is 0 Å². The summed E-state index contributed by atoms with van der Waals surface area (Å²) >= 11 is 0. The van der Waals surface area contributed by atoms with Gasteiger partial charge in [0.2, 0.25) is 5.56 Å². The minimum atomic E-state index is -4.40. The highest BCUT2D eigenvalue weighted by atomic mass is 19.4. The van der Waals surface area contributed by atoms with E-state index in [0.717, 1.165) is 12.1 Å². The number of aromatic nitrogens is 3. The van der Waals surface area contributed by atoms with Crippen molar-refractivity contribution >= 4 is 11.0 Å². The fraction of sp³-hybridized carbons (Fsp3) is 0.0769. The van der Waals surface area contributed by atoms with Gasteiger partial charge in [0.25, 0.3) is 0 Å². The van der Waals surface area contributed by atoms with E-state index in [1.807, 2.05) is 0 Å². The fourth-order valence-electron chi connectivity index (χ4n) is 1.90. The van der Waals surface area contributed by atoms with E-state index in [9.17, 15) is 18.0 Å². The van der Waals surface area contributed by atoms with Crippen LogP contribution in [0.5, 0.6) is 0 Å². The van der Waals surface area contributed by atoms with E-state index in [1.165, 1.54) is 12.1 Å². The van der Waals surface area contributed by atoms with Gasteiger partial charge in [-0.1, -0.05) is 6.07 Å². The van der Waals surface area contributed by atoms with Crippen molar-refractivity contribution in [2.75, 3.05) is 0 Å². The molecular formula is C13H8F3N3O. The molecule has 0 radical (unpaired) electrons. The third-order valence-electron chi connectivity index (χ3n) is 2.83. The highest BCUT2D eigenvalue weighted by molar-refractivity contribution is 5.79. The number of nitrogens with one attached hydrogen (secondary N) is 2. The summed E-state index contributed by atoms with van der Waals surface area (Å²) in [5.41, 5.74) is 0.0279. The van der Waals surface area contributed by atoms with Crippen molar-refractivity contribution in [3.05, 3.63) is 52.3 Å². The SMILES string of the molecule is O=c1cccc(-c2nc3ccc(C(F)(F)F)cc3[nH]2)[nH]1. The van der Waals surface area contributed by atoms with Gasteiger partial charge >= 0.3 is 6.18 Å². The van der Waals surface area contributed by atoms with Crippen molar-refractivity contribution in [3.8, 4) is 11.5 Å². The molecule has 2 N–H and O–H groups in total. The number of rotatable bonds is 1. The molecule has 0 unspecified atom stereocenters. The average Bonchev–Trinajstić information content (AvgIpc) is 2.80. The predicted octanol–water partition coefficient (Wildman–Crippen LogP) is 2.94. The zero-order valence-electron chi connectivity index (χ0n) is 9.95. The van der Waals surface area contributed by atoms with Crippen LogP contribution >= 0.6 is 0 Å². The summed E-state index contributed by atoms with van der Waals surface area (Å²) in [7, 11) is 0. The summed E-state index contributed by atoms with van der Waals surface area (Å²) in [6, 6.07) is 7.76. The number of hydrogen-bond acceptors (Lipinski definition) is 2. The Morgan fingerprint density at radius 2 is 1.85 bits per heavy atom. The van der Waals surface area contributed by atoms with Gasteiger partial charge in [0, 0.05) is 6.07 Å². The van der Waals surface area contributed by atoms with Crippen LogP contribution in [0.15, 0.2) is 41.2 Å². The van der Waals surface area contributed by atoms with E-state index in [0.29, 0.717) is 17.0 Å². The number of H-pyrrole nitrogens is 2. The van der Waals surface area contributed by atoms with Crippen LogP contribution < -0.4 is 5.56 Å². The monoisotopic (exact) mass is 279 g/mol. The molecule has 2 heterocycles. The van der Waals surface area contributed by atoms with Crippen LogP contribution in [0.2, 0.25) is 0 Å². The first-order valence-corrected chi connectivity index (χ1v) is 5.70. The first-order valence-electron chi connectivity index (χ1n) is 5.70. The van der Waals surface area contributed by atoms with E-state index in [-0.39, 0.29) is 11.1 Å². The molecule has 1 aromatic carbocycles. The van der Waals surface area contributed by atoms with Gasteiger partial charge in [-0.05, 0) is 24.3 Å². The maximum absolute atomic E-state index is 12.6. The molecule has 7 heteroatoms. The Balaban J connectivity index is 2.14. The maximum Gasteiger partial charge on any atom is 0.416 e. The molecule has 0 aliphatic rings. The second kappa shape index (κ2) is 4.22. The summed E-state index contributed by atoms with van der Waals surface area (Å²) in [5.74, 6) is 0.317. The highest BCUT2D eigenvalue weighted by Crippen LogP contribution is 2.31. The largest absolute Gasteiger partial charge is 0.416 e. The van der Waals surface area contributed by atoms with Crippen LogP contribution in [0.4, 0.5) is 13.2 Å². The van der Waals surface area contributed by atoms with Crippen molar-refractivity contribution in [2.24, 2.45) is 0 Å². The van der Waals surface area contributed by atoms with Gasteiger partial charge in [-0.25, -0.2) is 4.98 Å². The number of fused-ring (bicyclic) bond motifs is 1. The number of halogens is 3. The Morgan fingerprint density at radius 1 is 1.05 bits per heavy atom. The third-order valence-corrected chi connectivity index (χ3v) is 2.83. The predicted molar refractivity (Wildman–Crippen MR) is 67.2 cm³/mol. The molecule has 0 saturated heterocycles. The maximum atomic E-state index is 12.6. The molecule has 0 fully saturated rings. The van der Waals surface area contributed by atoms with Crippen molar-refractivity contribution < 1.29 is 13.2 Å². The molecule has 0 saturated carbocycles. The van der Waals surface area contributed by atoms with Crippen molar-refractivity contribution in [1.29, 1.82) is 0 Å². The molecule has 102 valence electrons. The smallest absolute Gasteiger partial charge is 0.337 e. The van der Waals surface area contributed by atoms with Crippen LogP contribution in [0.3, 0.4) is 0 Å². The zero-order valence-corrected chi connectivity index (χ0v) is 9.95. The number of imidazole rings is 1. The molecular weight excluding hydrogens is 271 g/mol. The normalized spacial score (nSPS) is 11.9. The summed E-state index contributed by atoms with van der Waals surface area (Å²) in [6.45, 7) is 0. The Labute approximate surface area is 110 Å². The molecule has 0 aliphatic heterocycles. The topological polar surface area (TPSA) is 61.5 Å². The Morgan fingerprint density at radius 3 is 2.55 bits per heavy atom. The number of benzene rings is 1. The number of aromatic amines is 2. The fourth-order valence-corrected chi connectivity index (χ4v) is 1.90. The molecule has 0 bridgehead atoms. The van der Waals surface area contributed by atoms with Crippen molar-refractivity contribution in [3.63, 3.8) is 0 Å². The second-order valence-corrected chi connectivity index (χ2v) is 4.24. The van der Waals surface area contributed by atoms with Crippen molar-refractivity contribution in [1.82, 2.24) is 15.0 Å². The molecule has 20 heavy (non-hydrogen) atoms. The van der Waals surface area contributed by atoms with Gasteiger partial charge in [0.05, 0.1) is 22.3 Å². The lowest BCUT2D eigenvalue weighted by atomic mass is 10.2. The van der Waals surface area contributed by atoms with Crippen molar-refractivity contribution in [2.45, 2.75) is 6.18 Å². The number of nitrogens with zero attached hydrogens (tertiary/aromatic N) is 1. The minimum absolute atomic E-state index is 0.263. The standard InChI is InChI=1S/C13H8F3N3O/c14-13(15,16)7-4-5-8-10(6-7)19-12(18-8)9-2-1-3-11(20)17-9/h1-6H,(H,17,20)(H,18,19). The molecule has 0 spiro atoms. The molecule has 0 aliphatic carbocycles. The third kappa shape index (κ3) is 2.18. The van der Waals surface area contributed by atoms with E-state index in [1.54, 1.807) is 12.1 Å². The highest BCUT2D eigenvalue weighted by Gasteiger charge is 2.30. The van der Waals surface area contributed by atoms with Gasteiger partial charge in [-0.2, -0.15) is 13.2 Å². The Bertz CT molecular complexity index is 832. The number of hydrogen-bond donors (Lipinski definition) is 2. The van der Waals surface area contributed by atoms with Crippen LogP contribution in [0, 0.1) is 0 Å². The second-order valence-electron chi connectivity index (χ2n) is 4.24. The first-order chi connectivity index (χ1) is 9.43. The van der Waals surface area contributed by atoms with E-state index in [2.05, 4.69) is 15.0 Å². The number of alkyl halides is 3. The molecule has 3 aromatic rings. The molecule has 4 nitrogen and oxygen atoms in total. The summed E-state index contributed by atoms with van der Waals surface area (Å²) in [6.07, 6.45) is -4.40. The van der Waals surface area contributed by atoms with Gasteiger partial charge in [-0.15, -0.1) is 0 Å². The zero-order chi connectivity index (χ0) is 14.3. The lowest BCUT2D eigenvalue weighted by molar-refractivity contribution is -0.137. The molecule has 0 amide bonds. The van der Waals surface area contributed by atoms with Gasteiger partial charge in [0.1, 0.15) is 0 Å².